The van der Waals surface area contributed by atoms with E-state index in [1.807, 2.05) is 0 Å². The number of rotatable bonds is 9. The van der Waals surface area contributed by atoms with Crippen LogP contribution >= 0.6 is 11.8 Å². The number of benzene rings is 1. The lowest BCUT2D eigenvalue weighted by molar-refractivity contribution is -0.198. The molecule has 8 atom stereocenters. The Hall–Kier alpha value is -2.44. The van der Waals surface area contributed by atoms with Gasteiger partial charge in [0.1, 0.15) is 17.4 Å². The van der Waals surface area contributed by atoms with Gasteiger partial charge in [0.2, 0.25) is 11.7 Å². The Morgan fingerprint density at radius 3 is 2.41 bits per heavy atom. The van der Waals surface area contributed by atoms with Crippen molar-refractivity contribution in [1.29, 1.82) is 0 Å². The highest BCUT2D eigenvalue weighted by Gasteiger charge is 2.71. The summed E-state index contributed by atoms with van der Waals surface area (Å²) in [5, 5.41) is 56.7. The Morgan fingerprint density at radius 1 is 1.10 bits per heavy atom. The van der Waals surface area contributed by atoms with Gasteiger partial charge in [0.15, 0.2) is 11.4 Å². The number of primary amides is 1. The van der Waals surface area contributed by atoms with Crippen LogP contribution in [0, 0.1) is 17.8 Å². The number of phenols is 1. The van der Waals surface area contributed by atoms with Crippen LogP contribution in [0.2, 0.25) is 0 Å². The lowest BCUT2D eigenvalue weighted by atomic mass is 9.51. The van der Waals surface area contributed by atoms with E-state index >= 15 is 0 Å². The number of aliphatic hydroxyl groups excluding tert-OH is 3. The van der Waals surface area contributed by atoms with Gasteiger partial charge in [-0.15, -0.1) is 0 Å². The van der Waals surface area contributed by atoms with E-state index in [2.05, 4.69) is 6.92 Å². The average Bonchev–Trinajstić information content (AvgIpc) is 2.87. The molecule has 214 valence electrons. The lowest BCUT2D eigenvalue weighted by Crippen LogP contribution is -2.76. The number of amides is 1. The van der Waals surface area contributed by atoms with Gasteiger partial charge in [0.25, 0.3) is 0 Å². The van der Waals surface area contributed by atoms with Crippen LogP contribution < -0.4 is 5.73 Å². The molecule has 0 aromatic heterocycles. The SMILES string of the molecule is CCCCCCSC[C@H]1c2cccc(O)c2C(O)=C2C(=O)[C@]3(O)C(=O)C(C(N)=O)C(O)[C@@H](N(C)C)[C@@H]3[C@@H](O)[C@@H]21. The number of nitrogens with two attached hydrogens (primary N) is 1. The molecular weight excluding hydrogens is 524 g/mol. The summed E-state index contributed by atoms with van der Waals surface area (Å²) in [6.45, 7) is 2.13. The molecule has 39 heavy (non-hydrogen) atoms. The number of hydrogen-bond acceptors (Lipinski definition) is 10. The van der Waals surface area contributed by atoms with Gasteiger partial charge in [-0.1, -0.05) is 38.3 Å². The van der Waals surface area contributed by atoms with Crippen molar-refractivity contribution in [1.82, 2.24) is 4.90 Å². The van der Waals surface area contributed by atoms with E-state index in [4.69, 9.17) is 5.73 Å². The van der Waals surface area contributed by atoms with Gasteiger partial charge in [-0.25, -0.2) is 0 Å². The fourth-order valence-corrected chi connectivity index (χ4v) is 8.01. The molecule has 0 bridgehead atoms. The zero-order valence-electron chi connectivity index (χ0n) is 22.4. The largest absolute Gasteiger partial charge is 0.507 e. The summed E-state index contributed by atoms with van der Waals surface area (Å²) in [6, 6.07) is 3.52. The second kappa shape index (κ2) is 11.2. The third-order valence-corrected chi connectivity index (χ3v) is 9.77. The zero-order valence-corrected chi connectivity index (χ0v) is 23.2. The Balaban J connectivity index is 1.86. The number of thioether (sulfide) groups is 1. The number of unbranched alkanes of at least 4 members (excludes halogenated alkanes) is 3. The number of Topliss-reactive ketones (excluding diaryl/α,β-unsaturated/α-hetero) is 2. The molecule has 2 saturated carbocycles. The van der Waals surface area contributed by atoms with E-state index in [-0.39, 0.29) is 16.9 Å². The van der Waals surface area contributed by atoms with Crippen molar-refractivity contribution in [3.05, 3.63) is 34.9 Å². The molecule has 3 aliphatic rings. The maximum absolute atomic E-state index is 14.1. The fourth-order valence-electron chi connectivity index (χ4n) is 6.79. The first-order valence-corrected chi connectivity index (χ1v) is 14.5. The predicted octanol–water partition coefficient (Wildman–Crippen LogP) is 0.954. The molecule has 0 radical (unpaired) electrons. The number of carbonyl (C=O) groups is 3. The number of phenolic OH excluding ortho intramolecular Hbond substituents is 1. The van der Waals surface area contributed by atoms with Crippen molar-refractivity contribution in [3.63, 3.8) is 0 Å². The molecular formula is C28H38N2O8S. The van der Waals surface area contributed by atoms with E-state index in [0.717, 1.165) is 31.4 Å². The third-order valence-electron chi connectivity index (χ3n) is 8.60. The summed E-state index contributed by atoms with van der Waals surface area (Å²) in [4.78, 5) is 41.3. The van der Waals surface area contributed by atoms with Crippen molar-refractivity contribution < 1.29 is 39.9 Å². The first-order chi connectivity index (χ1) is 18.4. The molecule has 4 rings (SSSR count). The normalized spacial score (nSPS) is 34.1. The smallest absolute Gasteiger partial charge is 0.230 e. The summed E-state index contributed by atoms with van der Waals surface area (Å²) in [6.07, 6.45) is 1.03. The fraction of sp³-hybridized carbons (Fsp3) is 0.607. The maximum atomic E-state index is 14.1. The van der Waals surface area contributed by atoms with Crippen molar-refractivity contribution in [3.8, 4) is 5.75 Å². The number of carbonyl (C=O) groups excluding carboxylic acids is 3. The molecule has 10 nitrogen and oxygen atoms in total. The van der Waals surface area contributed by atoms with Gasteiger partial charge in [0.05, 0.1) is 17.8 Å². The Kier molecular flexibility index (Phi) is 8.49. The van der Waals surface area contributed by atoms with Crippen LogP contribution in [-0.2, 0) is 14.4 Å². The van der Waals surface area contributed by atoms with E-state index in [9.17, 15) is 39.9 Å². The first kappa shape index (κ1) is 29.5. The molecule has 0 spiro atoms. The van der Waals surface area contributed by atoms with Crippen LogP contribution in [0.3, 0.4) is 0 Å². The molecule has 1 aromatic carbocycles. The van der Waals surface area contributed by atoms with Crippen LogP contribution in [0.1, 0.15) is 49.7 Å². The van der Waals surface area contributed by atoms with E-state index in [1.54, 1.807) is 38.0 Å². The van der Waals surface area contributed by atoms with E-state index < -0.39 is 70.8 Å². The average molecular weight is 563 g/mol. The number of likely N-dealkylation sites (N-methyl/N-ethyl adjacent to an activating group) is 1. The van der Waals surface area contributed by atoms with Gasteiger partial charge in [-0.2, -0.15) is 11.8 Å². The van der Waals surface area contributed by atoms with E-state index in [0.29, 0.717) is 11.3 Å². The predicted molar refractivity (Wildman–Crippen MR) is 146 cm³/mol. The van der Waals surface area contributed by atoms with Gasteiger partial charge in [0, 0.05) is 35.1 Å². The van der Waals surface area contributed by atoms with Crippen LogP contribution in [-0.4, -0.2) is 97.4 Å². The highest BCUT2D eigenvalue weighted by atomic mass is 32.2. The molecule has 2 fully saturated rings. The Bertz CT molecular complexity index is 1190. The number of hydrogen-bond donors (Lipinski definition) is 6. The van der Waals surface area contributed by atoms with Crippen molar-refractivity contribution in [2.24, 2.45) is 23.5 Å². The minimum atomic E-state index is -2.92. The molecule has 7 N–H and O–H groups in total. The summed E-state index contributed by atoms with van der Waals surface area (Å²) >= 11 is 1.62. The first-order valence-electron chi connectivity index (χ1n) is 13.4. The molecule has 11 heteroatoms. The Labute approximate surface area is 231 Å². The molecule has 2 unspecified atom stereocenters. The second-order valence-electron chi connectivity index (χ2n) is 11.1. The number of aliphatic hydroxyl groups is 4. The van der Waals surface area contributed by atoms with Crippen LogP contribution in [0.15, 0.2) is 23.8 Å². The van der Waals surface area contributed by atoms with Crippen LogP contribution in [0.5, 0.6) is 5.75 Å². The molecule has 1 amide bonds. The number of aromatic hydroxyl groups is 1. The summed E-state index contributed by atoms with van der Waals surface area (Å²) in [7, 11) is 3.08. The molecule has 0 heterocycles. The second-order valence-corrected chi connectivity index (χ2v) is 12.2. The Morgan fingerprint density at radius 2 is 1.79 bits per heavy atom. The quantitative estimate of drug-likeness (QED) is 0.187. The van der Waals surface area contributed by atoms with Crippen molar-refractivity contribution in [2.45, 2.75) is 62.4 Å². The molecule has 0 aliphatic heterocycles. The highest BCUT2D eigenvalue weighted by Crippen LogP contribution is 2.56. The summed E-state index contributed by atoms with van der Waals surface area (Å²) in [5.74, 6) is -8.29. The summed E-state index contributed by atoms with van der Waals surface area (Å²) < 4.78 is 0. The maximum Gasteiger partial charge on any atom is 0.230 e. The number of fused-ring (bicyclic) bond motifs is 3. The van der Waals surface area contributed by atoms with Gasteiger partial charge >= 0.3 is 0 Å². The lowest BCUT2D eigenvalue weighted by Gasteiger charge is -2.56. The van der Waals surface area contributed by atoms with E-state index in [1.165, 1.54) is 11.0 Å². The molecule has 0 saturated heterocycles. The standard InChI is InChI=1S/C28H38N2O8S/c1-4-5-6-7-11-39-12-14-13-9-8-10-15(31)16(13)22(32)18-17(14)23(33)20-21(30(2)3)24(34)19(27(29)37)26(36)28(20,38)25(18)35/h8-10,14,17,19-21,23-24,31-34,38H,4-7,11-12H2,1-3H3,(H2,29,37)/t14-,17+,19?,20+,21-,23-,24?,28-/m0/s1. The minimum absolute atomic E-state index is 0.0156. The molecule has 1 aromatic rings. The zero-order chi connectivity index (χ0) is 28.8. The van der Waals surface area contributed by atoms with Crippen molar-refractivity contribution in [2.75, 3.05) is 25.6 Å². The monoisotopic (exact) mass is 562 g/mol. The number of ketones is 2. The third kappa shape index (κ3) is 4.58. The minimum Gasteiger partial charge on any atom is -0.507 e. The van der Waals surface area contributed by atoms with Gasteiger partial charge in [-0.05, 0) is 37.9 Å². The van der Waals surface area contributed by atoms with Gasteiger partial charge < -0.3 is 36.2 Å². The van der Waals surface area contributed by atoms with Crippen molar-refractivity contribution >= 4 is 35.0 Å². The highest BCUT2D eigenvalue weighted by molar-refractivity contribution is 7.99. The van der Waals surface area contributed by atoms with Crippen LogP contribution in [0.4, 0.5) is 0 Å². The number of nitrogens with zero attached hydrogens (tertiary/aromatic N) is 1. The van der Waals surface area contributed by atoms with Gasteiger partial charge in [-0.3, -0.25) is 14.4 Å². The topological polar surface area (TPSA) is 182 Å². The molecule has 3 aliphatic carbocycles. The van der Waals surface area contributed by atoms with Crippen LogP contribution in [0.25, 0.3) is 5.76 Å². The summed E-state index contributed by atoms with van der Waals surface area (Å²) in [5.41, 5.74) is 2.68.